The fraction of sp³-hybridized carbons (Fsp3) is 0.533. The summed E-state index contributed by atoms with van der Waals surface area (Å²) in [6.07, 6.45) is 0. The van der Waals surface area contributed by atoms with Gasteiger partial charge in [0.1, 0.15) is 0 Å². The topological polar surface area (TPSA) is 46.3 Å². The van der Waals surface area contributed by atoms with Crippen molar-refractivity contribution in [3.63, 3.8) is 0 Å². The molecule has 0 saturated heterocycles. The number of carbonyl (C=O) groups excluding carboxylic acids is 1. The molecule has 0 spiro atoms. The van der Waals surface area contributed by atoms with E-state index >= 15 is 0 Å². The highest BCUT2D eigenvalue weighted by molar-refractivity contribution is 5.95. The van der Waals surface area contributed by atoms with Crippen molar-refractivity contribution in [1.29, 1.82) is 0 Å². The van der Waals surface area contributed by atoms with Crippen LogP contribution < -0.4 is 10.6 Å². The van der Waals surface area contributed by atoms with Crippen LogP contribution in [-0.2, 0) is 4.79 Å². The molecule has 0 aromatic heterocycles. The second-order valence-electron chi connectivity index (χ2n) is 5.25. The number of benzene rings is 1. The number of anilines is 1. The molecule has 0 aliphatic carbocycles. The lowest BCUT2D eigenvalue weighted by molar-refractivity contribution is -0.117. The van der Waals surface area contributed by atoms with Gasteiger partial charge in [0, 0.05) is 7.05 Å². The normalized spacial score (nSPS) is 11.1. The van der Waals surface area contributed by atoms with E-state index in [2.05, 4.69) is 45.9 Å². The number of hydrogen-bond acceptors (Lipinski definition) is 2. The van der Waals surface area contributed by atoms with Crippen molar-refractivity contribution in [2.24, 2.45) is 5.73 Å². The molecule has 0 atom stereocenters. The van der Waals surface area contributed by atoms with Crippen LogP contribution in [0.3, 0.4) is 0 Å². The van der Waals surface area contributed by atoms with E-state index in [0.29, 0.717) is 11.8 Å². The van der Waals surface area contributed by atoms with Gasteiger partial charge in [-0.25, -0.2) is 0 Å². The highest BCUT2D eigenvalue weighted by Crippen LogP contribution is 2.34. The molecule has 2 N–H and O–H groups in total. The van der Waals surface area contributed by atoms with Crippen molar-refractivity contribution < 1.29 is 4.79 Å². The zero-order valence-corrected chi connectivity index (χ0v) is 12.0. The Morgan fingerprint density at radius 2 is 1.61 bits per heavy atom. The number of nitrogens with zero attached hydrogens (tertiary/aromatic N) is 1. The monoisotopic (exact) mass is 248 g/mol. The molecule has 3 nitrogen and oxygen atoms in total. The SMILES string of the molecule is CC(C)c1cccc(C(C)C)c1N(C)C(=O)CN. The summed E-state index contributed by atoms with van der Waals surface area (Å²) in [6.45, 7) is 8.61. The Kier molecular flexibility index (Phi) is 4.91. The van der Waals surface area contributed by atoms with Crippen LogP contribution in [0.4, 0.5) is 5.69 Å². The lowest BCUT2D eigenvalue weighted by atomic mass is 9.92. The lowest BCUT2D eigenvalue weighted by Gasteiger charge is -2.26. The van der Waals surface area contributed by atoms with Gasteiger partial charge in [0.05, 0.1) is 12.2 Å². The molecule has 0 radical (unpaired) electrons. The van der Waals surface area contributed by atoms with Crippen LogP contribution in [0.2, 0.25) is 0 Å². The van der Waals surface area contributed by atoms with Crippen LogP contribution in [0.25, 0.3) is 0 Å². The maximum absolute atomic E-state index is 11.9. The first-order chi connectivity index (χ1) is 8.40. The Labute approximate surface area is 110 Å². The summed E-state index contributed by atoms with van der Waals surface area (Å²) in [7, 11) is 1.81. The molecule has 0 aliphatic heterocycles. The number of likely N-dealkylation sites (N-methyl/N-ethyl adjacent to an activating group) is 1. The molecule has 0 bridgehead atoms. The maximum Gasteiger partial charge on any atom is 0.240 e. The molecule has 1 rings (SSSR count). The zero-order valence-electron chi connectivity index (χ0n) is 12.0. The predicted molar refractivity (Wildman–Crippen MR) is 77.1 cm³/mol. The number of carbonyl (C=O) groups is 1. The molecule has 0 aliphatic rings. The molecule has 1 amide bonds. The predicted octanol–water partition coefficient (Wildman–Crippen LogP) is 2.85. The number of hydrogen-bond donors (Lipinski definition) is 1. The Balaban J connectivity index is 3.40. The van der Waals surface area contributed by atoms with Gasteiger partial charge in [-0.3, -0.25) is 4.79 Å². The van der Waals surface area contributed by atoms with Crippen molar-refractivity contribution in [1.82, 2.24) is 0 Å². The van der Waals surface area contributed by atoms with Crippen LogP contribution in [0.1, 0.15) is 50.7 Å². The Bertz CT molecular complexity index is 398. The van der Waals surface area contributed by atoms with E-state index in [0.717, 1.165) is 5.69 Å². The summed E-state index contributed by atoms with van der Waals surface area (Å²) in [5, 5.41) is 0. The molecule has 0 saturated carbocycles. The van der Waals surface area contributed by atoms with Crippen LogP contribution in [0, 0.1) is 0 Å². The van der Waals surface area contributed by atoms with E-state index in [1.54, 1.807) is 4.90 Å². The molecular formula is C15H24N2O. The smallest absolute Gasteiger partial charge is 0.240 e. The van der Waals surface area contributed by atoms with E-state index in [9.17, 15) is 4.79 Å². The van der Waals surface area contributed by atoms with Gasteiger partial charge in [-0.05, 0) is 23.0 Å². The molecule has 1 aromatic carbocycles. The summed E-state index contributed by atoms with van der Waals surface area (Å²) in [6, 6.07) is 6.24. The Morgan fingerprint density at radius 3 is 1.94 bits per heavy atom. The molecule has 0 heterocycles. The Hall–Kier alpha value is -1.35. The first-order valence-corrected chi connectivity index (χ1v) is 6.49. The summed E-state index contributed by atoms with van der Waals surface area (Å²) >= 11 is 0. The van der Waals surface area contributed by atoms with E-state index in [1.165, 1.54) is 11.1 Å². The average molecular weight is 248 g/mol. The lowest BCUT2D eigenvalue weighted by Crippen LogP contribution is -2.34. The minimum absolute atomic E-state index is 0.0421. The van der Waals surface area contributed by atoms with Crippen molar-refractivity contribution in [2.75, 3.05) is 18.5 Å². The number of amides is 1. The highest BCUT2D eigenvalue weighted by atomic mass is 16.2. The average Bonchev–Trinajstić information content (AvgIpc) is 2.35. The summed E-state index contributed by atoms with van der Waals surface area (Å²) in [5.74, 6) is 0.712. The largest absolute Gasteiger partial charge is 0.322 e. The molecule has 1 aromatic rings. The van der Waals surface area contributed by atoms with Gasteiger partial charge < -0.3 is 10.6 Å². The maximum atomic E-state index is 11.9. The van der Waals surface area contributed by atoms with Crippen molar-refractivity contribution in [3.8, 4) is 0 Å². The van der Waals surface area contributed by atoms with Crippen molar-refractivity contribution in [2.45, 2.75) is 39.5 Å². The van der Waals surface area contributed by atoms with Crippen LogP contribution in [0.5, 0.6) is 0 Å². The van der Waals surface area contributed by atoms with Gasteiger partial charge in [-0.2, -0.15) is 0 Å². The fourth-order valence-corrected chi connectivity index (χ4v) is 2.16. The summed E-state index contributed by atoms with van der Waals surface area (Å²) in [4.78, 5) is 13.6. The third-order valence-electron chi connectivity index (χ3n) is 3.23. The first-order valence-electron chi connectivity index (χ1n) is 6.49. The Morgan fingerprint density at radius 1 is 1.17 bits per heavy atom. The van der Waals surface area contributed by atoms with Gasteiger partial charge >= 0.3 is 0 Å². The van der Waals surface area contributed by atoms with Gasteiger partial charge in [0.15, 0.2) is 0 Å². The van der Waals surface area contributed by atoms with Gasteiger partial charge in [0.25, 0.3) is 0 Å². The highest BCUT2D eigenvalue weighted by Gasteiger charge is 2.20. The fourth-order valence-electron chi connectivity index (χ4n) is 2.16. The zero-order chi connectivity index (χ0) is 13.9. The van der Waals surface area contributed by atoms with Gasteiger partial charge in [0.2, 0.25) is 5.91 Å². The van der Waals surface area contributed by atoms with Crippen molar-refractivity contribution in [3.05, 3.63) is 29.3 Å². The molecule has 18 heavy (non-hydrogen) atoms. The van der Waals surface area contributed by atoms with Gasteiger partial charge in [-0.1, -0.05) is 45.9 Å². The molecular weight excluding hydrogens is 224 g/mol. The molecule has 100 valence electrons. The van der Waals surface area contributed by atoms with E-state index in [1.807, 2.05) is 7.05 Å². The third kappa shape index (κ3) is 2.91. The van der Waals surface area contributed by atoms with Crippen LogP contribution >= 0.6 is 0 Å². The van der Waals surface area contributed by atoms with Crippen LogP contribution in [-0.4, -0.2) is 19.5 Å². The molecule has 0 fully saturated rings. The quantitative estimate of drug-likeness (QED) is 0.890. The second-order valence-corrected chi connectivity index (χ2v) is 5.25. The first kappa shape index (κ1) is 14.7. The standard InChI is InChI=1S/C15H24N2O/c1-10(2)12-7-6-8-13(11(3)4)15(12)17(5)14(18)9-16/h6-8,10-11H,9,16H2,1-5H3. The number of nitrogens with two attached hydrogens (primary N) is 1. The minimum Gasteiger partial charge on any atom is -0.322 e. The van der Waals surface area contributed by atoms with E-state index in [-0.39, 0.29) is 12.5 Å². The minimum atomic E-state index is -0.0509. The van der Waals surface area contributed by atoms with Crippen molar-refractivity contribution >= 4 is 11.6 Å². The third-order valence-corrected chi connectivity index (χ3v) is 3.23. The summed E-state index contributed by atoms with van der Waals surface area (Å²) < 4.78 is 0. The van der Waals surface area contributed by atoms with Crippen LogP contribution in [0.15, 0.2) is 18.2 Å². The van der Waals surface area contributed by atoms with Gasteiger partial charge in [-0.15, -0.1) is 0 Å². The van der Waals surface area contributed by atoms with E-state index in [4.69, 9.17) is 5.73 Å². The summed E-state index contributed by atoms with van der Waals surface area (Å²) in [5.41, 5.74) is 8.90. The molecule has 3 heteroatoms. The second kappa shape index (κ2) is 6.01. The number of rotatable bonds is 4. The molecule has 0 unspecified atom stereocenters. The van der Waals surface area contributed by atoms with E-state index < -0.39 is 0 Å². The number of para-hydroxylation sites is 1.